The number of hydrogen-bond acceptors (Lipinski definition) is 13. The van der Waals surface area contributed by atoms with Crippen LogP contribution in [-0.2, 0) is 30.9 Å². The van der Waals surface area contributed by atoms with Crippen molar-refractivity contribution < 1.29 is 32.5 Å². The Kier molecular flexibility index (Phi) is 16.2. The first kappa shape index (κ1) is 45.8. The number of unbranched alkanes of at least 4 members (excludes halogenated alkanes) is 2. The van der Waals surface area contributed by atoms with Crippen molar-refractivity contribution in [1.29, 1.82) is 0 Å². The molecule has 0 bridgehead atoms. The first-order chi connectivity index (χ1) is 29.9. The van der Waals surface area contributed by atoms with Gasteiger partial charge >= 0.3 is 0 Å². The fraction of sp³-hybridized carbons (Fsp3) is 0.302. The van der Waals surface area contributed by atoms with E-state index in [9.17, 15) is 32.9 Å². The summed E-state index contributed by atoms with van der Waals surface area (Å²) in [5.41, 5.74) is 6.73. The lowest BCUT2D eigenvalue weighted by molar-refractivity contribution is -0.384. The molecular weight excluding hydrogens is 853 g/mol. The SMILES string of the molecule is CCCCCn1cc(-c2ccc(C(=O)NS(=O)(=O)c3ccc(N[C@@H](CSc4ccccc4)C(=O)N4CCOCC4N[C@@H](CSc4ccccc4)C(N)=O)c([N+](=O)[O-])c3)cc2)cn1. The predicted molar refractivity (Wildman–Crippen MR) is 239 cm³/mol. The molecule has 1 saturated heterocycles. The molecule has 0 radical (unpaired) electrons. The van der Waals surface area contributed by atoms with Crippen molar-refractivity contribution in [1.82, 2.24) is 24.7 Å². The second-order valence-corrected chi connectivity index (χ2v) is 18.2. The van der Waals surface area contributed by atoms with Crippen molar-refractivity contribution >= 4 is 62.6 Å². The molecule has 5 aromatic rings. The number of carbonyl (C=O) groups excluding carboxylic acids is 3. The molecule has 2 heterocycles. The maximum atomic E-state index is 14.5. The number of morpholine rings is 1. The fourth-order valence-corrected chi connectivity index (χ4v) is 9.47. The van der Waals surface area contributed by atoms with Crippen molar-refractivity contribution in [3.8, 4) is 11.1 Å². The largest absolute Gasteiger partial charge is 0.376 e. The van der Waals surface area contributed by atoms with E-state index in [1.165, 1.54) is 46.6 Å². The van der Waals surface area contributed by atoms with Gasteiger partial charge in [-0.15, -0.1) is 23.5 Å². The number of nitrogens with zero attached hydrogens (tertiary/aromatic N) is 4. The number of aryl methyl sites for hydroxylation is 1. The lowest BCUT2D eigenvalue weighted by atomic mass is 10.1. The van der Waals surface area contributed by atoms with E-state index in [0.29, 0.717) is 0 Å². The number of nitrogens with two attached hydrogens (primary N) is 1. The summed E-state index contributed by atoms with van der Waals surface area (Å²) in [5.74, 6) is -1.59. The minimum absolute atomic E-state index is 0.0531. The third-order valence-electron chi connectivity index (χ3n) is 9.90. The monoisotopic (exact) mass is 900 g/mol. The van der Waals surface area contributed by atoms with Gasteiger partial charge in [-0.1, -0.05) is 68.3 Å². The predicted octanol–water partition coefficient (Wildman–Crippen LogP) is 5.76. The van der Waals surface area contributed by atoms with Crippen molar-refractivity contribution in [2.45, 2.75) is 65.7 Å². The second kappa shape index (κ2) is 21.9. The zero-order valence-corrected chi connectivity index (χ0v) is 36.4. The lowest BCUT2D eigenvalue weighted by Crippen LogP contribution is -2.63. The number of benzene rings is 4. The molecule has 62 heavy (non-hydrogen) atoms. The summed E-state index contributed by atoms with van der Waals surface area (Å²) in [6, 6.07) is 26.3. The Bertz CT molecular complexity index is 2420. The highest BCUT2D eigenvalue weighted by Crippen LogP contribution is 2.31. The van der Waals surface area contributed by atoms with Gasteiger partial charge in [0.15, 0.2) is 0 Å². The average Bonchev–Trinajstić information content (AvgIpc) is 3.76. The number of nitrogens with one attached hydrogen (secondary N) is 3. The van der Waals surface area contributed by atoms with E-state index in [-0.39, 0.29) is 42.5 Å². The molecule has 1 aliphatic rings. The minimum Gasteiger partial charge on any atom is -0.376 e. The minimum atomic E-state index is -4.59. The summed E-state index contributed by atoms with van der Waals surface area (Å²) in [6.45, 7) is 3.32. The van der Waals surface area contributed by atoms with Crippen LogP contribution in [0.15, 0.2) is 130 Å². The fourth-order valence-electron chi connectivity index (χ4n) is 6.57. The number of nitro groups is 1. The van der Waals surface area contributed by atoms with E-state index >= 15 is 0 Å². The van der Waals surface area contributed by atoms with Gasteiger partial charge in [0.05, 0.1) is 35.3 Å². The molecule has 6 rings (SSSR count). The number of anilines is 1. The number of hydrogen-bond donors (Lipinski definition) is 4. The van der Waals surface area contributed by atoms with Crippen molar-refractivity contribution in [3.63, 3.8) is 0 Å². The van der Waals surface area contributed by atoms with Gasteiger partial charge in [0.25, 0.3) is 21.6 Å². The Hall–Kier alpha value is -5.73. The highest BCUT2D eigenvalue weighted by Gasteiger charge is 2.36. The van der Waals surface area contributed by atoms with Gasteiger partial charge in [0, 0.05) is 57.8 Å². The summed E-state index contributed by atoms with van der Waals surface area (Å²) in [5, 5.41) is 23.1. The molecule has 1 aliphatic heterocycles. The van der Waals surface area contributed by atoms with Crippen LogP contribution in [0.5, 0.6) is 0 Å². The van der Waals surface area contributed by atoms with Crippen LogP contribution in [0.1, 0.15) is 36.5 Å². The molecule has 5 N–H and O–H groups in total. The Morgan fingerprint density at radius 2 is 1.58 bits per heavy atom. The van der Waals surface area contributed by atoms with E-state index in [1.54, 1.807) is 18.3 Å². The van der Waals surface area contributed by atoms with Crippen LogP contribution in [0.3, 0.4) is 0 Å². The quantitative estimate of drug-likeness (QED) is 0.0298. The number of aromatic nitrogens is 2. The summed E-state index contributed by atoms with van der Waals surface area (Å²) >= 11 is 2.76. The normalized spacial score (nSPS) is 15.0. The third-order valence-corrected chi connectivity index (χ3v) is 13.4. The van der Waals surface area contributed by atoms with Crippen LogP contribution in [0.4, 0.5) is 11.4 Å². The van der Waals surface area contributed by atoms with Crippen LogP contribution >= 0.6 is 23.5 Å². The summed E-state index contributed by atoms with van der Waals surface area (Å²) in [6.07, 6.45) is 6.07. The molecule has 0 saturated carbocycles. The van der Waals surface area contributed by atoms with Gasteiger partial charge in [-0.2, -0.15) is 5.10 Å². The van der Waals surface area contributed by atoms with Gasteiger partial charge in [0.2, 0.25) is 11.8 Å². The van der Waals surface area contributed by atoms with Crippen LogP contribution in [0, 0.1) is 10.1 Å². The van der Waals surface area contributed by atoms with Crippen molar-refractivity contribution in [3.05, 3.63) is 131 Å². The number of ether oxygens (including phenoxy) is 1. The third kappa shape index (κ3) is 12.4. The van der Waals surface area contributed by atoms with E-state index in [0.717, 1.165) is 58.9 Å². The number of sulfonamides is 1. The molecule has 3 atom stereocenters. The van der Waals surface area contributed by atoms with Crippen LogP contribution in [0.2, 0.25) is 0 Å². The zero-order chi connectivity index (χ0) is 44.1. The topological polar surface area (TPSA) is 221 Å². The van der Waals surface area contributed by atoms with E-state index in [4.69, 9.17) is 10.5 Å². The zero-order valence-electron chi connectivity index (χ0n) is 33.9. The molecule has 3 amide bonds. The molecule has 16 nitrogen and oxygen atoms in total. The number of carbonyl (C=O) groups is 3. The number of thioether (sulfide) groups is 2. The van der Waals surface area contributed by atoms with Crippen LogP contribution in [-0.4, -0.2) is 95.3 Å². The van der Waals surface area contributed by atoms with Crippen LogP contribution < -0.4 is 21.1 Å². The van der Waals surface area contributed by atoms with E-state index < -0.39 is 61.5 Å². The number of amides is 3. The van der Waals surface area contributed by atoms with Gasteiger partial charge in [0.1, 0.15) is 17.9 Å². The average molecular weight is 901 g/mol. The number of primary amides is 1. The van der Waals surface area contributed by atoms with Gasteiger partial charge in [-0.3, -0.25) is 34.5 Å². The molecule has 4 aromatic carbocycles. The molecule has 19 heteroatoms. The second-order valence-electron chi connectivity index (χ2n) is 14.3. The Morgan fingerprint density at radius 1 is 0.919 bits per heavy atom. The highest BCUT2D eigenvalue weighted by molar-refractivity contribution is 7.99. The Morgan fingerprint density at radius 3 is 2.21 bits per heavy atom. The molecular formula is C43H48N8O8S3. The molecule has 1 aromatic heterocycles. The molecule has 0 aliphatic carbocycles. The Labute approximate surface area is 368 Å². The first-order valence-electron chi connectivity index (χ1n) is 20.0. The molecule has 326 valence electrons. The maximum absolute atomic E-state index is 14.5. The van der Waals surface area contributed by atoms with E-state index in [1.807, 2.05) is 76.3 Å². The summed E-state index contributed by atoms with van der Waals surface area (Å²) < 4.78 is 36.6. The lowest BCUT2D eigenvalue weighted by Gasteiger charge is -2.39. The highest BCUT2D eigenvalue weighted by atomic mass is 32.2. The number of rotatable bonds is 21. The maximum Gasteiger partial charge on any atom is 0.293 e. The summed E-state index contributed by atoms with van der Waals surface area (Å²) in [4.78, 5) is 54.7. The first-order valence-corrected chi connectivity index (χ1v) is 23.4. The van der Waals surface area contributed by atoms with Gasteiger partial charge < -0.3 is 20.7 Å². The van der Waals surface area contributed by atoms with Gasteiger partial charge in [-0.05, 0) is 60.5 Å². The number of nitro benzene ring substituents is 1. The molecule has 0 spiro atoms. The summed E-state index contributed by atoms with van der Waals surface area (Å²) in [7, 11) is -4.59. The Balaban J connectivity index is 1.18. The van der Waals surface area contributed by atoms with Crippen molar-refractivity contribution in [2.24, 2.45) is 5.73 Å². The smallest absolute Gasteiger partial charge is 0.293 e. The van der Waals surface area contributed by atoms with Crippen LogP contribution in [0.25, 0.3) is 11.1 Å². The van der Waals surface area contributed by atoms with E-state index in [2.05, 4.69) is 22.7 Å². The van der Waals surface area contributed by atoms with Crippen molar-refractivity contribution in [2.75, 3.05) is 36.6 Å². The van der Waals surface area contributed by atoms with Gasteiger partial charge in [-0.25, -0.2) is 13.1 Å². The molecule has 1 fully saturated rings. The standard InChI is InChI=1S/C43H48N8O8S3/c1-2-3-10-21-49-26-32(25-45-49)30-15-17-31(18-16-30)42(53)48-62(57,58)35-19-20-36(39(24-35)51(55)56)46-38(29-61-34-13-8-5-9-14-34)43(54)50-22-23-59-27-40(50)47-37(41(44)52)28-60-33-11-6-4-7-12-33/h4-9,11-20,24-26,37-38,40,46-47H,2-3,10,21-23,27-29H2,1H3,(H2,44,52)(H,48,53)/t37-,38-,40?/m0/s1. The molecule has 1 unspecified atom stereocenters.